The lowest BCUT2D eigenvalue weighted by molar-refractivity contribution is -0.00665. The van der Waals surface area contributed by atoms with Gasteiger partial charge in [-0.1, -0.05) is 44.2 Å². The molecule has 3 nitrogen and oxygen atoms in total. The first kappa shape index (κ1) is 15.0. The van der Waals surface area contributed by atoms with Crippen molar-refractivity contribution in [2.24, 2.45) is 5.92 Å². The van der Waals surface area contributed by atoms with Crippen LogP contribution in [0.25, 0.3) is 0 Å². The molecule has 2 aliphatic heterocycles. The highest BCUT2D eigenvalue weighted by Crippen LogP contribution is 2.32. The first-order chi connectivity index (χ1) is 10.2. The van der Waals surface area contributed by atoms with Gasteiger partial charge in [0, 0.05) is 51.4 Å². The van der Waals surface area contributed by atoms with Gasteiger partial charge in [0.1, 0.15) is 0 Å². The van der Waals surface area contributed by atoms with Crippen molar-refractivity contribution in [3.05, 3.63) is 35.9 Å². The van der Waals surface area contributed by atoms with Gasteiger partial charge in [0.25, 0.3) is 0 Å². The summed E-state index contributed by atoms with van der Waals surface area (Å²) >= 11 is 0. The molecule has 0 aromatic heterocycles. The van der Waals surface area contributed by atoms with Crippen LogP contribution in [0.1, 0.15) is 31.9 Å². The third kappa shape index (κ3) is 3.65. The van der Waals surface area contributed by atoms with E-state index in [0.29, 0.717) is 6.04 Å². The Kier molecular flexibility index (Phi) is 4.94. The molecule has 116 valence electrons. The molecule has 0 radical (unpaired) electrons. The van der Waals surface area contributed by atoms with Crippen molar-refractivity contribution in [1.82, 2.24) is 15.1 Å². The lowest BCUT2D eigenvalue weighted by Gasteiger charge is -2.50. The Labute approximate surface area is 129 Å². The van der Waals surface area contributed by atoms with Crippen LogP contribution in [0, 0.1) is 5.92 Å². The molecule has 21 heavy (non-hydrogen) atoms. The third-order valence-electron chi connectivity index (χ3n) is 4.88. The number of rotatable bonds is 5. The van der Waals surface area contributed by atoms with Crippen molar-refractivity contribution in [2.45, 2.75) is 32.4 Å². The van der Waals surface area contributed by atoms with Gasteiger partial charge in [-0.05, 0) is 17.9 Å². The Morgan fingerprint density at radius 2 is 1.76 bits per heavy atom. The summed E-state index contributed by atoms with van der Waals surface area (Å²) in [6, 6.07) is 12.5. The summed E-state index contributed by atoms with van der Waals surface area (Å²) in [5.41, 5.74) is 1.49. The van der Waals surface area contributed by atoms with Crippen LogP contribution < -0.4 is 5.32 Å². The highest BCUT2D eigenvalue weighted by molar-refractivity contribution is 5.20. The number of hydrogen-bond acceptors (Lipinski definition) is 3. The summed E-state index contributed by atoms with van der Waals surface area (Å²) in [6.45, 7) is 11.9. The maximum absolute atomic E-state index is 3.45. The summed E-state index contributed by atoms with van der Waals surface area (Å²) in [7, 11) is 0. The van der Waals surface area contributed by atoms with Crippen LogP contribution in [-0.4, -0.2) is 55.1 Å². The van der Waals surface area contributed by atoms with Crippen molar-refractivity contribution in [3.8, 4) is 0 Å². The van der Waals surface area contributed by atoms with Gasteiger partial charge >= 0.3 is 0 Å². The molecule has 2 heterocycles. The smallest absolute Gasteiger partial charge is 0.0351 e. The van der Waals surface area contributed by atoms with Gasteiger partial charge in [-0.3, -0.25) is 9.80 Å². The molecule has 0 saturated carbocycles. The maximum Gasteiger partial charge on any atom is 0.0351 e. The molecule has 0 spiro atoms. The van der Waals surface area contributed by atoms with Crippen molar-refractivity contribution in [1.29, 1.82) is 0 Å². The highest BCUT2D eigenvalue weighted by Gasteiger charge is 2.36. The zero-order valence-corrected chi connectivity index (χ0v) is 13.5. The molecule has 2 fully saturated rings. The molecule has 1 atom stereocenters. The minimum atomic E-state index is 0.602. The molecule has 1 aromatic carbocycles. The van der Waals surface area contributed by atoms with Gasteiger partial charge in [0.05, 0.1) is 0 Å². The summed E-state index contributed by atoms with van der Waals surface area (Å²) in [4.78, 5) is 5.35. The summed E-state index contributed by atoms with van der Waals surface area (Å²) in [5, 5.41) is 3.45. The Morgan fingerprint density at radius 3 is 2.38 bits per heavy atom. The average Bonchev–Trinajstić information content (AvgIpc) is 2.46. The first-order valence-corrected chi connectivity index (χ1v) is 8.48. The number of nitrogens with one attached hydrogen (secondary N) is 1. The SMILES string of the molecule is CC(C)CC(c1ccccc1)N1CC(N2CCNCC2)C1. The first-order valence-electron chi connectivity index (χ1n) is 8.48. The summed E-state index contributed by atoms with van der Waals surface area (Å²) in [5.74, 6) is 0.744. The Morgan fingerprint density at radius 1 is 1.10 bits per heavy atom. The van der Waals surface area contributed by atoms with E-state index < -0.39 is 0 Å². The van der Waals surface area contributed by atoms with Crippen LogP contribution in [0.2, 0.25) is 0 Å². The van der Waals surface area contributed by atoms with Crippen LogP contribution in [0.4, 0.5) is 0 Å². The van der Waals surface area contributed by atoms with Gasteiger partial charge in [-0.25, -0.2) is 0 Å². The molecule has 1 N–H and O–H groups in total. The van der Waals surface area contributed by atoms with Crippen molar-refractivity contribution < 1.29 is 0 Å². The van der Waals surface area contributed by atoms with E-state index in [1.165, 1.54) is 38.2 Å². The molecular weight excluding hydrogens is 258 g/mol. The second-order valence-electron chi connectivity index (χ2n) is 6.95. The number of hydrogen-bond donors (Lipinski definition) is 1. The summed E-state index contributed by atoms with van der Waals surface area (Å²) in [6.07, 6.45) is 1.26. The minimum absolute atomic E-state index is 0.602. The van der Waals surface area contributed by atoms with Crippen molar-refractivity contribution >= 4 is 0 Å². The topological polar surface area (TPSA) is 18.5 Å². The Hall–Kier alpha value is -0.900. The van der Waals surface area contributed by atoms with Gasteiger partial charge < -0.3 is 5.32 Å². The highest BCUT2D eigenvalue weighted by atomic mass is 15.3. The molecule has 2 saturated heterocycles. The summed E-state index contributed by atoms with van der Waals surface area (Å²) < 4.78 is 0. The third-order valence-corrected chi connectivity index (χ3v) is 4.88. The molecule has 1 unspecified atom stereocenters. The number of nitrogens with zero attached hydrogens (tertiary/aromatic N) is 2. The zero-order valence-electron chi connectivity index (χ0n) is 13.5. The monoisotopic (exact) mass is 287 g/mol. The fraction of sp³-hybridized carbons (Fsp3) is 0.667. The van der Waals surface area contributed by atoms with E-state index in [1.807, 2.05) is 0 Å². The quantitative estimate of drug-likeness (QED) is 0.897. The van der Waals surface area contributed by atoms with Crippen LogP contribution in [0.15, 0.2) is 30.3 Å². The predicted octanol–water partition coefficient (Wildman–Crippen LogP) is 2.36. The molecule has 3 heteroatoms. The number of likely N-dealkylation sites (tertiary alicyclic amines) is 1. The second-order valence-corrected chi connectivity index (χ2v) is 6.95. The average molecular weight is 287 g/mol. The van der Waals surface area contributed by atoms with Gasteiger partial charge in [0.15, 0.2) is 0 Å². The van der Waals surface area contributed by atoms with Gasteiger partial charge in [-0.2, -0.15) is 0 Å². The van der Waals surface area contributed by atoms with E-state index in [0.717, 1.165) is 25.0 Å². The fourth-order valence-corrected chi connectivity index (χ4v) is 3.64. The van der Waals surface area contributed by atoms with E-state index >= 15 is 0 Å². The van der Waals surface area contributed by atoms with Crippen LogP contribution in [-0.2, 0) is 0 Å². The lowest BCUT2D eigenvalue weighted by Crippen LogP contribution is -2.63. The van der Waals surface area contributed by atoms with Crippen LogP contribution >= 0.6 is 0 Å². The minimum Gasteiger partial charge on any atom is -0.314 e. The standard InChI is InChI=1S/C18H29N3/c1-15(2)12-18(16-6-4-3-5-7-16)21-13-17(14-21)20-10-8-19-9-11-20/h3-7,15,17-19H,8-14H2,1-2H3. The zero-order chi connectivity index (χ0) is 14.7. The van der Waals surface area contributed by atoms with Crippen molar-refractivity contribution in [2.75, 3.05) is 39.3 Å². The van der Waals surface area contributed by atoms with Gasteiger partial charge in [-0.15, -0.1) is 0 Å². The predicted molar refractivity (Wildman–Crippen MR) is 88.4 cm³/mol. The number of piperazine rings is 1. The van der Waals surface area contributed by atoms with Crippen LogP contribution in [0.3, 0.4) is 0 Å². The molecule has 0 amide bonds. The molecule has 0 bridgehead atoms. The van der Waals surface area contributed by atoms with Crippen molar-refractivity contribution in [3.63, 3.8) is 0 Å². The van der Waals surface area contributed by atoms with E-state index in [1.54, 1.807) is 0 Å². The molecule has 2 aliphatic rings. The van der Waals surface area contributed by atoms with E-state index in [4.69, 9.17) is 0 Å². The Bertz CT molecular complexity index is 419. The molecule has 1 aromatic rings. The normalized spacial score (nSPS) is 23.2. The fourth-order valence-electron chi connectivity index (χ4n) is 3.64. The van der Waals surface area contributed by atoms with Gasteiger partial charge in [0.2, 0.25) is 0 Å². The van der Waals surface area contributed by atoms with Crippen LogP contribution in [0.5, 0.6) is 0 Å². The Balaban J connectivity index is 1.60. The largest absolute Gasteiger partial charge is 0.314 e. The lowest BCUT2D eigenvalue weighted by atomic mass is 9.91. The molecular formula is C18H29N3. The maximum atomic E-state index is 3.45. The van der Waals surface area contributed by atoms with E-state index in [-0.39, 0.29) is 0 Å². The molecule has 0 aliphatic carbocycles. The van der Waals surface area contributed by atoms with E-state index in [2.05, 4.69) is 59.3 Å². The second kappa shape index (κ2) is 6.91. The molecule has 3 rings (SSSR count). The van der Waals surface area contributed by atoms with E-state index in [9.17, 15) is 0 Å². The number of benzene rings is 1.